The highest BCUT2D eigenvalue weighted by atomic mass is 16.5. The first-order valence-electron chi connectivity index (χ1n) is 15.1. The monoisotopic (exact) mass is 564 g/mol. The SMILES string of the molecule is CCCCCOc1ccc(C2C(=C(O)c3ccc(OCCCC)cc3)C(=O)C(=O)N2CCCN2CCOCC2)cc1. The molecule has 2 aliphatic rings. The molecule has 0 spiro atoms. The van der Waals surface area contributed by atoms with Gasteiger partial charge in [-0.1, -0.05) is 45.2 Å². The fourth-order valence-electron chi connectivity index (χ4n) is 5.23. The van der Waals surface area contributed by atoms with E-state index in [9.17, 15) is 14.7 Å². The van der Waals surface area contributed by atoms with Crippen LogP contribution in [0.1, 0.15) is 69.5 Å². The van der Waals surface area contributed by atoms with Crippen LogP contribution < -0.4 is 9.47 Å². The van der Waals surface area contributed by atoms with Crippen LogP contribution in [0.15, 0.2) is 54.1 Å². The molecular weight excluding hydrogens is 520 g/mol. The van der Waals surface area contributed by atoms with Crippen LogP contribution in [0.3, 0.4) is 0 Å². The van der Waals surface area contributed by atoms with Gasteiger partial charge >= 0.3 is 0 Å². The van der Waals surface area contributed by atoms with E-state index in [4.69, 9.17) is 14.2 Å². The van der Waals surface area contributed by atoms with Crippen molar-refractivity contribution in [3.8, 4) is 11.5 Å². The topological polar surface area (TPSA) is 88.5 Å². The molecular formula is C33H44N2O6. The van der Waals surface area contributed by atoms with Crippen LogP contribution >= 0.6 is 0 Å². The third kappa shape index (κ3) is 8.11. The molecule has 2 fully saturated rings. The molecule has 1 unspecified atom stereocenters. The summed E-state index contributed by atoms with van der Waals surface area (Å²) in [5.41, 5.74) is 1.34. The van der Waals surface area contributed by atoms with Crippen molar-refractivity contribution >= 4 is 17.4 Å². The van der Waals surface area contributed by atoms with Gasteiger partial charge in [-0.05, 0) is 61.2 Å². The molecule has 2 heterocycles. The molecule has 0 bridgehead atoms. The highest BCUT2D eigenvalue weighted by molar-refractivity contribution is 6.46. The molecule has 0 aromatic heterocycles. The van der Waals surface area contributed by atoms with Gasteiger partial charge in [-0.15, -0.1) is 0 Å². The van der Waals surface area contributed by atoms with E-state index in [1.54, 1.807) is 29.2 Å². The van der Waals surface area contributed by atoms with Gasteiger partial charge in [0.05, 0.1) is 38.0 Å². The predicted octanol–water partition coefficient (Wildman–Crippen LogP) is 5.58. The number of ether oxygens (including phenoxy) is 3. The van der Waals surface area contributed by atoms with E-state index in [2.05, 4.69) is 18.7 Å². The molecule has 2 aromatic rings. The summed E-state index contributed by atoms with van der Waals surface area (Å²) in [7, 11) is 0. The first kappa shape index (κ1) is 30.6. The maximum atomic E-state index is 13.4. The standard InChI is InChI=1S/C33H44N2O6/c1-3-5-7-22-41-27-13-9-25(10-14-27)30-29(31(36)26-11-15-28(16-12-26)40-21-6-4-2)32(37)33(38)35(30)18-8-17-34-19-23-39-24-20-34/h9-16,30,36H,3-8,17-24H2,1-2H3. The third-order valence-corrected chi connectivity index (χ3v) is 7.62. The van der Waals surface area contributed by atoms with Gasteiger partial charge < -0.3 is 24.2 Å². The van der Waals surface area contributed by atoms with Crippen molar-refractivity contribution in [3.05, 3.63) is 65.2 Å². The molecule has 1 N–H and O–H groups in total. The summed E-state index contributed by atoms with van der Waals surface area (Å²) in [5.74, 6) is 0.0152. The minimum Gasteiger partial charge on any atom is -0.507 e. The van der Waals surface area contributed by atoms with Crippen molar-refractivity contribution in [3.63, 3.8) is 0 Å². The summed E-state index contributed by atoms with van der Waals surface area (Å²) in [6.45, 7) is 9.88. The molecule has 41 heavy (non-hydrogen) atoms. The number of morpholine rings is 1. The normalized spacial score (nSPS) is 19.1. The summed E-state index contributed by atoms with van der Waals surface area (Å²) in [4.78, 5) is 30.7. The lowest BCUT2D eigenvalue weighted by Crippen LogP contribution is -2.38. The molecule has 222 valence electrons. The smallest absolute Gasteiger partial charge is 0.295 e. The number of aliphatic hydroxyl groups excluding tert-OH is 1. The van der Waals surface area contributed by atoms with Gasteiger partial charge in [0.1, 0.15) is 17.3 Å². The summed E-state index contributed by atoms with van der Waals surface area (Å²) in [6.07, 6.45) is 5.94. The van der Waals surface area contributed by atoms with E-state index in [1.807, 2.05) is 24.3 Å². The van der Waals surface area contributed by atoms with Crippen molar-refractivity contribution in [1.82, 2.24) is 9.80 Å². The van der Waals surface area contributed by atoms with Crippen molar-refractivity contribution in [2.75, 3.05) is 52.6 Å². The Morgan fingerprint density at radius 1 is 0.829 bits per heavy atom. The lowest BCUT2D eigenvalue weighted by atomic mass is 9.95. The lowest BCUT2D eigenvalue weighted by Gasteiger charge is -2.29. The van der Waals surface area contributed by atoms with Crippen LogP contribution in [0, 0.1) is 0 Å². The Kier molecular flexibility index (Phi) is 11.6. The predicted molar refractivity (Wildman–Crippen MR) is 159 cm³/mol. The second kappa shape index (κ2) is 15.6. The Morgan fingerprint density at radius 3 is 2.07 bits per heavy atom. The van der Waals surface area contributed by atoms with Crippen LogP contribution in [0.5, 0.6) is 11.5 Å². The second-order valence-electron chi connectivity index (χ2n) is 10.7. The maximum Gasteiger partial charge on any atom is 0.295 e. The molecule has 1 amide bonds. The molecule has 2 saturated heterocycles. The van der Waals surface area contributed by atoms with Gasteiger partial charge in [0, 0.05) is 31.7 Å². The number of aliphatic hydroxyl groups is 1. The molecule has 0 saturated carbocycles. The minimum atomic E-state index is -0.686. The zero-order chi connectivity index (χ0) is 29.0. The molecule has 0 radical (unpaired) electrons. The van der Waals surface area contributed by atoms with Crippen LogP contribution in [0.2, 0.25) is 0 Å². The van der Waals surface area contributed by atoms with Gasteiger partial charge in [-0.3, -0.25) is 14.5 Å². The highest BCUT2D eigenvalue weighted by Gasteiger charge is 2.45. The number of unbranched alkanes of at least 4 members (excludes halogenated alkanes) is 3. The van der Waals surface area contributed by atoms with E-state index in [-0.39, 0.29) is 11.3 Å². The number of benzene rings is 2. The zero-order valence-electron chi connectivity index (χ0n) is 24.5. The average Bonchev–Trinajstić information content (AvgIpc) is 3.25. The first-order chi connectivity index (χ1) is 20.0. The number of Topliss-reactive ketones (excluding diaryl/α,β-unsaturated/α-hetero) is 1. The number of amides is 1. The van der Waals surface area contributed by atoms with E-state index in [0.717, 1.165) is 63.1 Å². The average molecular weight is 565 g/mol. The van der Waals surface area contributed by atoms with E-state index in [1.165, 1.54) is 0 Å². The molecule has 4 rings (SSSR count). The number of carbonyl (C=O) groups is 2. The summed E-state index contributed by atoms with van der Waals surface area (Å²) in [5, 5.41) is 11.4. The van der Waals surface area contributed by atoms with Crippen LogP contribution in [-0.4, -0.2) is 79.2 Å². The largest absolute Gasteiger partial charge is 0.507 e. The fraction of sp³-hybridized carbons (Fsp3) is 0.515. The number of rotatable bonds is 15. The summed E-state index contributed by atoms with van der Waals surface area (Å²) < 4.78 is 17.1. The zero-order valence-corrected chi connectivity index (χ0v) is 24.5. The Bertz CT molecular complexity index is 1160. The Hall–Kier alpha value is -3.36. The summed E-state index contributed by atoms with van der Waals surface area (Å²) >= 11 is 0. The Balaban J connectivity index is 1.58. The lowest BCUT2D eigenvalue weighted by molar-refractivity contribution is -0.140. The maximum absolute atomic E-state index is 13.4. The van der Waals surface area contributed by atoms with Crippen molar-refractivity contribution in [1.29, 1.82) is 0 Å². The molecule has 1 atom stereocenters. The number of carbonyl (C=O) groups excluding carboxylic acids is 2. The Morgan fingerprint density at radius 2 is 1.44 bits per heavy atom. The minimum absolute atomic E-state index is 0.109. The number of hydrogen-bond donors (Lipinski definition) is 1. The first-order valence-corrected chi connectivity index (χ1v) is 15.1. The second-order valence-corrected chi connectivity index (χ2v) is 10.7. The number of likely N-dealkylation sites (tertiary alicyclic amines) is 1. The van der Waals surface area contributed by atoms with Gasteiger partial charge in [0.25, 0.3) is 11.7 Å². The van der Waals surface area contributed by atoms with Gasteiger partial charge in [0.2, 0.25) is 0 Å². The molecule has 0 aliphatic carbocycles. The van der Waals surface area contributed by atoms with Crippen molar-refractivity contribution < 1.29 is 28.9 Å². The number of hydrogen-bond acceptors (Lipinski definition) is 7. The number of nitrogens with zero attached hydrogens (tertiary/aromatic N) is 2. The van der Waals surface area contributed by atoms with Crippen LogP contribution in [0.25, 0.3) is 5.76 Å². The van der Waals surface area contributed by atoms with Crippen molar-refractivity contribution in [2.45, 2.75) is 58.4 Å². The molecule has 2 aliphatic heterocycles. The Labute approximate surface area is 243 Å². The van der Waals surface area contributed by atoms with Gasteiger partial charge in [0.15, 0.2) is 0 Å². The highest BCUT2D eigenvalue weighted by Crippen LogP contribution is 2.40. The van der Waals surface area contributed by atoms with Gasteiger partial charge in [-0.25, -0.2) is 0 Å². The van der Waals surface area contributed by atoms with Gasteiger partial charge in [-0.2, -0.15) is 0 Å². The fourth-order valence-corrected chi connectivity index (χ4v) is 5.23. The van der Waals surface area contributed by atoms with Crippen LogP contribution in [0.4, 0.5) is 0 Å². The molecule has 8 nitrogen and oxygen atoms in total. The van der Waals surface area contributed by atoms with E-state index in [0.29, 0.717) is 50.7 Å². The van der Waals surface area contributed by atoms with E-state index >= 15 is 0 Å². The number of ketones is 1. The summed E-state index contributed by atoms with van der Waals surface area (Å²) in [6, 6.07) is 13.9. The third-order valence-electron chi connectivity index (χ3n) is 7.62. The van der Waals surface area contributed by atoms with E-state index < -0.39 is 17.7 Å². The van der Waals surface area contributed by atoms with Crippen LogP contribution in [-0.2, 0) is 14.3 Å². The molecule has 2 aromatic carbocycles. The van der Waals surface area contributed by atoms with Crippen molar-refractivity contribution in [2.24, 2.45) is 0 Å². The molecule has 8 heteroatoms. The quantitative estimate of drug-likeness (QED) is 0.131.